The molecule has 1 saturated carbocycles. The van der Waals surface area contributed by atoms with Gasteiger partial charge in [0.25, 0.3) is 5.91 Å². The van der Waals surface area contributed by atoms with Crippen LogP contribution in [-0.4, -0.2) is 40.7 Å². The first-order valence-corrected chi connectivity index (χ1v) is 12.0. The van der Waals surface area contributed by atoms with E-state index in [-0.39, 0.29) is 29.2 Å². The summed E-state index contributed by atoms with van der Waals surface area (Å²) in [5, 5.41) is 6.41. The summed E-state index contributed by atoms with van der Waals surface area (Å²) in [7, 11) is 0. The maximum Gasteiger partial charge on any atom is 0.258 e. The molecule has 7 nitrogen and oxygen atoms in total. The summed E-state index contributed by atoms with van der Waals surface area (Å²) >= 11 is 11.9. The number of rotatable bonds is 5. The number of nitrogens with zero attached hydrogens (tertiary/aromatic N) is 2. The molecule has 4 rings (SSSR count). The van der Waals surface area contributed by atoms with Gasteiger partial charge in [0.2, 0.25) is 11.8 Å². The van der Waals surface area contributed by atoms with Gasteiger partial charge in [-0.1, -0.05) is 23.2 Å². The molecule has 3 amide bonds. The minimum Gasteiger partial charge on any atom is -0.342 e. The predicted molar refractivity (Wildman–Crippen MR) is 129 cm³/mol. The highest BCUT2D eigenvalue weighted by molar-refractivity contribution is 6.31. The van der Waals surface area contributed by atoms with E-state index in [2.05, 4.69) is 15.6 Å². The second-order valence-corrected chi connectivity index (χ2v) is 9.45. The molecular formula is C24H26Cl2N4O3. The minimum absolute atomic E-state index is 0.0101. The van der Waals surface area contributed by atoms with Crippen molar-refractivity contribution in [2.24, 2.45) is 11.8 Å². The van der Waals surface area contributed by atoms with Crippen LogP contribution in [0.1, 0.15) is 48.9 Å². The van der Waals surface area contributed by atoms with E-state index in [9.17, 15) is 14.4 Å². The molecule has 0 spiro atoms. The number of carbonyl (C=O) groups is 3. The number of hydrogen-bond donors (Lipinski definition) is 2. The average molecular weight is 489 g/mol. The third kappa shape index (κ3) is 5.84. The van der Waals surface area contributed by atoms with Crippen molar-refractivity contribution in [1.29, 1.82) is 0 Å². The van der Waals surface area contributed by atoms with Crippen LogP contribution in [0.4, 0.5) is 11.5 Å². The normalized spacial score (nSPS) is 20.4. The molecule has 0 bridgehead atoms. The highest BCUT2D eigenvalue weighted by atomic mass is 35.5. The number of anilines is 2. The van der Waals surface area contributed by atoms with Gasteiger partial charge in [-0.3, -0.25) is 14.4 Å². The van der Waals surface area contributed by atoms with Gasteiger partial charge in [0, 0.05) is 36.1 Å². The molecule has 9 heteroatoms. The van der Waals surface area contributed by atoms with Gasteiger partial charge in [0.05, 0.1) is 16.3 Å². The van der Waals surface area contributed by atoms with Crippen molar-refractivity contribution in [2.45, 2.75) is 38.5 Å². The van der Waals surface area contributed by atoms with Crippen molar-refractivity contribution < 1.29 is 14.4 Å². The van der Waals surface area contributed by atoms with E-state index in [0.717, 1.165) is 25.9 Å². The first-order valence-electron chi connectivity index (χ1n) is 11.2. The van der Waals surface area contributed by atoms with E-state index in [4.69, 9.17) is 23.2 Å². The Kier molecular flexibility index (Phi) is 7.50. The van der Waals surface area contributed by atoms with Crippen LogP contribution in [0.15, 0.2) is 36.5 Å². The zero-order valence-corrected chi connectivity index (χ0v) is 19.7. The summed E-state index contributed by atoms with van der Waals surface area (Å²) in [6.45, 7) is 1.71. The second kappa shape index (κ2) is 10.5. The Balaban J connectivity index is 1.38. The summed E-state index contributed by atoms with van der Waals surface area (Å²) in [6, 6.07) is 7.96. The van der Waals surface area contributed by atoms with Crippen molar-refractivity contribution in [2.75, 3.05) is 23.7 Å². The lowest BCUT2D eigenvalue weighted by molar-refractivity contribution is -0.136. The van der Waals surface area contributed by atoms with Crippen LogP contribution in [-0.2, 0) is 9.59 Å². The smallest absolute Gasteiger partial charge is 0.258 e. The fourth-order valence-electron chi connectivity index (χ4n) is 4.48. The number of carbonyl (C=O) groups excluding carboxylic acids is 3. The Bertz CT molecular complexity index is 1030. The third-order valence-electron chi connectivity index (χ3n) is 6.32. The lowest BCUT2D eigenvalue weighted by Crippen LogP contribution is -2.37. The van der Waals surface area contributed by atoms with Crippen molar-refractivity contribution in [3.05, 3.63) is 52.1 Å². The molecule has 2 aliphatic rings. The molecule has 1 aromatic heterocycles. The average Bonchev–Trinajstić information content (AvgIpc) is 3.36. The van der Waals surface area contributed by atoms with Crippen LogP contribution >= 0.6 is 23.2 Å². The van der Waals surface area contributed by atoms with Crippen LogP contribution < -0.4 is 10.6 Å². The number of aromatic nitrogens is 1. The number of pyridine rings is 1. The Morgan fingerprint density at radius 3 is 2.21 bits per heavy atom. The summed E-state index contributed by atoms with van der Waals surface area (Å²) in [5.41, 5.74) is 0.622. The van der Waals surface area contributed by atoms with Gasteiger partial charge >= 0.3 is 0 Å². The number of benzene rings is 1. The summed E-state index contributed by atoms with van der Waals surface area (Å²) in [4.78, 5) is 44.5. The molecule has 2 heterocycles. The molecule has 1 saturated heterocycles. The molecule has 1 aliphatic heterocycles. The van der Waals surface area contributed by atoms with Gasteiger partial charge < -0.3 is 15.5 Å². The highest BCUT2D eigenvalue weighted by Crippen LogP contribution is 2.32. The molecular weight excluding hydrogens is 463 g/mol. The van der Waals surface area contributed by atoms with Gasteiger partial charge in [0.1, 0.15) is 5.82 Å². The molecule has 33 heavy (non-hydrogen) atoms. The predicted octanol–water partition coefficient (Wildman–Crippen LogP) is 5.01. The Hall–Kier alpha value is -2.64. The number of amides is 3. The maximum atomic E-state index is 13.0. The molecule has 0 atom stereocenters. The standard InChI is InChI=1S/C24H26Cl2N4O3/c25-17-7-9-20(19(13-17)23(32)29-21-10-8-18(26)14-27-21)28-22(31)15-3-5-16(6-4-15)24(33)30-11-1-2-12-30/h7-10,13-16H,1-6,11-12H2,(H,28,31)(H,27,29,32). The zero-order chi connectivity index (χ0) is 23.4. The summed E-state index contributed by atoms with van der Waals surface area (Å²) in [6.07, 6.45) is 6.32. The van der Waals surface area contributed by atoms with E-state index in [0.29, 0.717) is 47.2 Å². The lowest BCUT2D eigenvalue weighted by atomic mass is 9.81. The first kappa shape index (κ1) is 23.5. The maximum absolute atomic E-state index is 13.0. The fraction of sp³-hybridized carbons (Fsp3) is 0.417. The second-order valence-electron chi connectivity index (χ2n) is 8.58. The van der Waals surface area contributed by atoms with Crippen LogP contribution in [0.25, 0.3) is 0 Å². The molecule has 174 valence electrons. The summed E-state index contributed by atoms with van der Waals surface area (Å²) < 4.78 is 0. The zero-order valence-electron chi connectivity index (χ0n) is 18.2. The SMILES string of the molecule is O=C(Nc1ccc(Cl)cn1)c1cc(Cl)ccc1NC(=O)C1CCC(C(=O)N2CCCC2)CC1. The van der Waals surface area contributed by atoms with E-state index in [1.54, 1.807) is 24.3 Å². The van der Waals surface area contributed by atoms with E-state index in [1.165, 1.54) is 12.3 Å². The lowest BCUT2D eigenvalue weighted by Gasteiger charge is -2.30. The highest BCUT2D eigenvalue weighted by Gasteiger charge is 2.33. The largest absolute Gasteiger partial charge is 0.342 e. The number of likely N-dealkylation sites (tertiary alicyclic amines) is 1. The fourth-order valence-corrected chi connectivity index (χ4v) is 4.76. The minimum atomic E-state index is -0.442. The Morgan fingerprint density at radius 1 is 0.879 bits per heavy atom. The topological polar surface area (TPSA) is 91.4 Å². The monoisotopic (exact) mass is 488 g/mol. The quantitative estimate of drug-likeness (QED) is 0.618. The molecule has 1 aliphatic carbocycles. The molecule has 2 N–H and O–H groups in total. The van der Waals surface area contributed by atoms with Gasteiger partial charge in [-0.15, -0.1) is 0 Å². The molecule has 1 aromatic carbocycles. The van der Waals surface area contributed by atoms with Crippen molar-refractivity contribution in [3.63, 3.8) is 0 Å². The van der Waals surface area contributed by atoms with Crippen LogP contribution in [0.5, 0.6) is 0 Å². The molecule has 0 radical (unpaired) electrons. The van der Waals surface area contributed by atoms with E-state index >= 15 is 0 Å². The summed E-state index contributed by atoms with van der Waals surface area (Å²) in [5.74, 6) is -0.208. The third-order valence-corrected chi connectivity index (χ3v) is 6.78. The van der Waals surface area contributed by atoms with Crippen LogP contribution in [0.2, 0.25) is 10.0 Å². The molecule has 0 unspecified atom stereocenters. The van der Waals surface area contributed by atoms with Crippen molar-refractivity contribution in [3.8, 4) is 0 Å². The first-order chi connectivity index (χ1) is 15.9. The van der Waals surface area contributed by atoms with Crippen LogP contribution in [0, 0.1) is 11.8 Å². The van der Waals surface area contributed by atoms with Crippen molar-refractivity contribution in [1.82, 2.24) is 9.88 Å². The molecule has 2 aromatic rings. The van der Waals surface area contributed by atoms with Gasteiger partial charge in [0.15, 0.2) is 0 Å². The number of nitrogens with one attached hydrogen (secondary N) is 2. The Labute approximate surface area is 202 Å². The number of hydrogen-bond acceptors (Lipinski definition) is 4. The van der Waals surface area contributed by atoms with Gasteiger partial charge in [-0.05, 0) is 68.9 Å². The molecule has 2 fully saturated rings. The van der Waals surface area contributed by atoms with E-state index in [1.807, 2.05) is 4.90 Å². The van der Waals surface area contributed by atoms with Crippen molar-refractivity contribution >= 4 is 52.4 Å². The van der Waals surface area contributed by atoms with Gasteiger partial charge in [-0.25, -0.2) is 4.98 Å². The van der Waals surface area contributed by atoms with Gasteiger partial charge in [-0.2, -0.15) is 0 Å². The number of halogens is 2. The van der Waals surface area contributed by atoms with Crippen LogP contribution in [0.3, 0.4) is 0 Å². The Morgan fingerprint density at radius 2 is 1.55 bits per heavy atom. The van der Waals surface area contributed by atoms with E-state index < -0.39 is 5.91 Å².